The van der Waals surface area contributed by atoms with Gasteiger partial charge in [0.2, 0.25) is 0 Å². The average Bonchev–Trinajstić information content (AvgIpc) is 2.87. The van der Waals surface area contributed by atoms with Crippen LogP contribution in [0.1, 0.15) is 31.5 Å². The van der Waals surface area contributed by atoms with Gasteiger partial charge in [-0.3, -0.25) is 0 Å². The summed E-state index contributed by atoms with van der Waals surface area (Å²) < 4.78 is 2.08. The summed E-state index contributed by atoms with van der Waals surface area (Å²) in [5, 5.41) is 9.05. The molecule has 2 aromatic rings. The molecule has 1 N–H and O–H groups in total. The van der Waals surface area contributed by atoms with Gasteiger partial charge in [0, 0.05) is 11.7 Å². The van der Waals surface area contributed by atoms with Gasteiger partial charge in [-0.2, -0.15) is 0 Å². The van der Waals surface area contributed by atoms with Crippen LogP contribution in [0.25, 0.3) is 0 Å². The number of imidazole rings is 1. The van der Waals surface area contributed by atoms with E-state index >= 15 is 0 Å². The smallest absolute Gasteiger partial charge is 0.0955 e. The Balaban J connectivity index is 2.03. The zero-order chi connectivity index (χ0) is 13.0. The van der Waals surface area contributed by atoms with E-state index in [4.69, 9.17) is 5.11 Å². The first kappa shape index (κ1) is 12.8. The third-order valence-electron chi connectivity index (χ3n) is 3.37. The summed E-state index contributed by atoms with van der Waals surface area (Å²) in [7, 11) is 0. The maximum atomic E-state index is 9.05. The molecule has 0 atom stereocenters. The first-order chi connectivity index (χ1) is 8.62. The van der Waals surface area contributed by atoms with Crippen molar-refractivity contribution in [1.29, 1.82) is 0 Å². The second kappa shape index (κ2) is 5.36. The molecule has 0 amide bonds. The highest BCUT2D eigenvalue weighted by Crippen LogP contribution is 2.22. The number of aryl methyl sites for hydroxylation is 1. The molecule has 0 saturated heterocycles. The summed E-state index contributed by atoms with van der Waals surface area (Å²) in [6.45, 7) is 4.39. The molecule has 0 unspecified atom stereocenters. The largest absolute Gasteiger partial charge is 0.390 e. The lowest BCUT2D eigenvalue weighted by molar-refractivity contribution is 0.276. The normalized spacial score (nSPS) is 11.7. The molecule has 0 aliphatic carbocycles. The van der Waals surface area contributed by atoms with Gasteiger partial charge >= 0.3 is 0 Å². The highest BCUT2D eigenvalue weighted by atomic mass is 16.3. The maximum Gasteiger partial charge on any atom is 0.0955 e. The van der Waals surface area contributed by atoms with Crippen LogP contribution in [0.3, 0.4) is 0 Å². The lowest BCUT2D eigenvalue weighted by Crippen LogP contribution is -2.25. The molecule has 1 heterocycles. The zero-order valence-corrected chi connectivity index (χ0v) is 11.0. The Morgan fingerprint density at radius 1 is 1.22 bits per heavy atom. The van der Waals surface area contributed by atoms with E-state index in [0.717, 1.165) is 18.5 Å². The van der Waals surface area contributed by atoms with Crippen LogP contribution in [0.4, 0.5) is 0 Å². The highest BCUT2D eigenvalue weighted by Gasteiger charge is 2.20. The molecule has 0 bridgehead atoms. The zero-order valence-electron chi connectivity index (χ0n) is 11.0. The minimum atomic E-state index is 0.00175. The maximum absolute atomic E-state index is 9.05. The van der Waals surface area contributed by atoms with Crippen molar-refractivity contribution >= 4 is 0 Å². The van der Waals surface area contributed by atoms with Gasteiger partial charge in [-0.15, -0.1) is 0 Å². The summed E-state index contributed by atoms with van der Waals surface area (Å²) in [5.41, 5.74) is 2.09. The molecule has 0 spiro atoms. The molecule has 0 saturated carbocycles. The van der Waals surface area contributed by atoms with Crippen molar-refractivity contribution in [3.63, 3.8) is 0 Å². The standard InChI is InChI=1S/C15H20N2O/c1-15(2,17-10-14(11-18)16-12-17)9-8-13-6-4-3-5-7-13/h3-7,10,12,18H,8-9,11H2,1-2H3. The molecular weight excluding hydrogens is 224 g/mol. The van der Waals surface area contributed by atoms with Crippen molar-refractivity contribution in [2.24, 2.45) is 0 Å². The molecule has 3 nitrogen and oxygen atoms in total. The fourth-order valence-electron chi connectivity index (χ4n) is 2.00. The van der Waals surface area contributed by atoms with E-state index in [9.17, 15) is 0 Å². The van der Waals surface area contributed by atoms with Gasteiger partial charge in [-0.05, 0) is 32.3 Å². The molecule has 3 heteroatoms. The monoisotopic (exact) mass is 244 g/mol. The molecule has 18 heavy (non-hydrogen) atoms. The summed E-state index contributed by atoms with van der Waals surface area (Å²) >= 11 is 0. The van der Waals surface area contributed by atoms with Crippen molar-refractivity contribution < 1.29 is 5.11 Å². The molecule has 2 rings (SSSR count). The van der Waals surface area contributed by atoms with E-state index in [1.807, 2.05) is 12.3 Å². The minimum Gasteiger partial charge on any atom is -0.390 e. The summed E-state index contributed by atoms with van der Waals surface area (Å²) in [4.78, 5) is 4.17. The third kappa shape index (κ3) is 2.99. The highest BCUT2D eigenvalue weighted by molar-refractivity contribution is 5.15. The van der Waals surface area contributed by atoms with Gasteiger partial charge in [-0.1, -0.05) is 30.3 Å². The quantitative estimate of drug-likeness (QED) is 0.878. The van der Waals surface area contributed by atoms with Crippen molar-refractivity contribution in [2.75, 3.05) is 0 Å². The van der Waals surface area contributed by atoms with Gasteiger partial charge in [0.05, 0.1) is 18.6 Å². The number of rotatable bonds is 5. The summed E-state index contributed by atoms with van der Waals surface area (Å²) in [5.74, 6) is 0. The minimum absolute atomic E-state index is 0.00175. The SMILES string of the molecule is CC(C)(CCc1ccccc1)n1cnc(CO)c1. The molecule has 96 valence electrons. The fourth-order valence-corrected chi connectivity index (χ4v) is 2.00. The van der Waals surface area contributed by atoms with Gasteiger partial charge in [0.15, 0.2) is 0 Å². The van der Waals surface area contributed by atoms with Crippen LogP contribution in [0.15, 0.2) is 42.9 Å². The first-order valence-electron chi connectivity index (χ1n) is 6.30. The van der Waals surface area contributed by atoms with Crippen molar-refractivity contribution in [3.8, 4) is 0 Å². The molecule has 0 fully saturated rings. The molecule has 1 aromatic carbocycles. The van der Waals surface area contributed by atoms with Gasteiger partial charge < -0.3 is 9.67 Å². The lowest BCUT2D eigenvalue weighted by Gasteiger charge is -2.26. The number of hydrogen-bond donors (Lipinski definition) is 1. The van der Waals surface area contributed by atoms with Gasteiger partial charge in [0.1, 0.15) is 0 Å². The lowest BCUT2D eigenvalue weighted by atomic mass is 9.95. The van der Waals surface area contributed by atoms with Crippen molar-refractivity contribution in [3.05, 3.63) is 54.1 Å². The third-order valence-corrected chi connectivity index (χ3v) is 3.37. The average molecular weight is 244 g/mol. The number of benzene rings is 1. The summed E-state index contributed by atoms with van der Waals surface area (Å²) in [6, 6.07) is 10.5. The van der Waals surface area contributed by atoms with Crippen LogP contribution in [-0.4, -0.2) is 14.7 Å². The first-order valence-corrected chi connectivity index (χ1v) is 6.30. The number of aliphatic hydroxyl groups is 1. The number of aromatic nitrogens is 2. The van der Waals surface area contributed by atoms with Crippen LogP contribution in [0.2, 0.25) is 0 Å². The number of hydrogen-bond acceptors (Lipinski definition) is 2. The van der Waals surface area contributed by atoms with Crippen LogP contribution in [-0.2, 0) is 18.6 Å². The molecule has 0 aliphatic rings. The predicted octanol–water partition coefficient (Wildman–Crippen LogP) is 2.74. The molecule has 0 radical (unpaired) electrons. The van der Waals surface area contributed by atoms with Gasteiger partial charge in [0.25, 0.3) is 0 Å². The topological polar surface area (TPSA) is 38.0 Å². The van der Waals surface area contributed by atoms with Crippen LogP contribution < -0.4 is 0 Å². The fraction of sp³-hybridized carbons (Fsp3) is 0.400. The van der Waals surface area contributed by atoms with Crippen LogP contribution >= 0.6 is 0 Å². The Morgan fingerprint density at radius 2 is 1.94 bits per heavy atom. The predicted molar refractivity (Wildman–Crippen MR) is 72.2 cm³/mol. The number of aliphatic hydroxyl groups excluding tert-OH is 1. The Bertz CT molecular complexity index is 488. The Hall–Kier alpha value is -1.61. The molecule has 0 aliphatic heterocycles. The van der Waals surface area contributed by atoms with E-state index in [-0.39, 0.29) is 12.1 Å². The molecular formula is C15H20N2O. The van der Waals surface area contributed by atoms with Crippen molar-refractivity contribution in [1.82, 2.24) is 9.55 Å². The second-order valence-electron chi connectivity index (χ2n) is 5.23. The Kier molecular flexibility index (Phi) is 3.82. The van der Waals surface area contributed by atoms with Crippen LogP contribution in [0, 0.1) is 0 Å². The molecule has 1 aromatic heterocycles. The van der Waals surface area contributed by atoms with Crippen molar-refractivity contribution in [2.45, 2.75) is 38.8 Å². The van der Waals surface area contributed by atoms with E-state index < -0.39 is 0 Å². The van der Waals surface area contributed by atoms with E-state index in [1.54, 1.807) is 6.33 Å². The number of nitrogens with zero attached hydrogens (tertiary/aromatic N) is 2. The Labute approximate surface area is 108 Å². The Morgan fingerprint density at radius 3 is 2.56 bits per heavy atom. The van der Waals surface area contributed by atoms with Gasteiger partial charge in [-0.25, -0.2) is 4.98 Å². The summed E-state index contributed by atoms with van der Waals surface area (Å²) in [6.07, 6.45) is 5.81. The second-order valence-corrected chi connectivity index (χ2v) is 5.23. The van der Waals surface area contributed by atoms with Crippen LogP contribution in [0.5, 0.6) is 0 Å². The van der Waals surface area contributed by atoms with E-state index in [2.05, 4.69) is 47.7 Å². The van der Waals surface area contributed by atoms with E-state index in [0.29, 0.717) is 0 Å². The van der Waals surface area contributed by atoms with E-state index in [1.165, 1.54) is 5.56 Å².